The topological polar surface area (TPSA) is 75.1 Å². The number of fused-ring (bicyclic) bond motifs is 3. The van der Waals surface area contributed by atoms with Gasteiger partial charge in [0.05, 0.1) is 17.0 Å². The molecule has 2 aromatic heterocycles. The Morgan fingerprint density at radius 2 is 1.90 bits per heavy atom. The SMILES string of the molecule is CNC(=O)c1cn(C)c2c1C(C)(C)Cc1cnc(Nc3ccc(N(C)C)cc3)nc1-2. The van der Waals surface area contributed by atoms with Crippen molar-refractivity contribution in [3.8, 4) is 11.4 Å². The fraction of sp³-hybridized carbons (Fsp3) is 0.348. The summed E-state index contributed by atoms with van der Waals surface area (Å²) in [5.41, 5.74) is 6.56. The minimum Gasteiger partial charge on any atom is -0.378 e. The zero-order chi connectivity index (χ0) is 21.6. The van der Waals surface area contributed by atoms with Crippen LogP contribution in [0.25, 0.3) is 11.4 Å². The molecule has 1 amide bonds. The van der Waals surface area contributed by atoms with Gasteiger partial charge in [-0.25, -0.2) is 9.97 Å². The average Bonchev–Trinajstić information content (AvgIpc) is 3.07. The standard InChI is InChI=1S/C23H28N6O/c1-23(2)11-14-12-25-22(26-15-7-9-16(10-8-15)28(4)5)27-19(14)20-18(23)17(13-29(20)6)21(30)24-3/h7-10,12-13H,11H2,1-6H3,(H,24,30)(H,25,26,27). The molecule has 0 fully saturated rings. The van der Waals surface area contributed by atoms with E-state index in [1.54, 1.807) is 7.05 Å². The van der Waals surface area contributed by atoms with Crippen molar-refractivity contribution in [1.29, 1.82) is 0 Å². The third-order valence-electron chi connectivity index (χ3n) is 5.69. The molecule has 7 nitrogen and oxygen atoms in total. The summed E-state index contributed by atoms with van der Waals surface area (Å²) < 4.78 is 2.00. The van der Waals surface area contributed by atoms with Gasteiger partial charge in [-0.15, -0.1) is 0 Å². The van der Waals surface area contributed by atoms with E-state index in [-0.39, 0.29) is 11.3 Å². The second-order valence-corrected chi connectivity index (χ2v) is 8.65. The second-order valence-electron chi connectivity index (χ2n) is 8.65. The fourth-order valence-electron chi connectivity index (χ4n) is 4.24. The Labute approximate surface area is 177 Å². The van der Waals surface area contributed by atoms with Gasteiger partial charge in [-0.1, -0.05) is 13.8 Å². The first-order chi connectivity index (χ1) is 14.2. The Morgan fingerprint density at radius 3 is 2.53 bits per heavy atom. The van der Waals surface area contributed by atoms with Crippen molar-refractivity contribution in [2.45, 2.75) is 25.7 Å². The predicted octanol–water partition coefficient (Wildman–Crippen LogP) is 3.49. The van der Waals surface area contributed by atoms with E-state index in [9.17, 15) is 4.79 Å². The number of aryl methyl sites for hydroxylation is 1. The lowest BCUT2D eigenvalue weighted by molar-refractivity contribution is 0.0961. The van der Waals surface area contributed by atoms with Crippen LogP contribution in [-0.2, 0) is 18.9 Å². The lowest BCUT2D eigenvalue weighted by Gasteiger charge is -2.32. The van der Waals surface area contributed by atoms with Crippen molar-refractivity contribution < 1.29 is 4.79 Å². The van der Waals surface area contributed by atoms with Gasteiger partial charge < -0.3 is 20.1 Å². The molecule has 3 aromatic rings. The first-order valence-corrected chi connectivity index (χ1v) is 10.0. The molecule has 0 aliphatic heterocycles. The number of benzene rings is 1. The second kappa shape index (κ2) is 7.16. The van der Waals surface area contributed by atoms with Gasteiger partial charge in [0, 0.05) is 52.0 Å². The summed E-state index contributed by atoms with van der Waals surface area (Å²) in [5, 5.41) is 6.06. The van der Waals surface area contributed by atoms with Crippen molar-refractivity contribution in [1.82, 2.24) is 19.9 Å². The number of hydrogen-bond acceptors (Lipinski definition) is 5. The number of nitrogens with one attached hydrogen (secondary N) is 2. The van der Waals surface area contributed by atoms with Gasteiger partial charge in [0.2, 0.25) is 5.95 Å². The van der Waals surface area contributed by atoms with E-state index >= 15 is 0 Å². The summed E-state index contributed by atoms with van der Waals surface area (Å²) in [4.78, 5) is 24.0. The fourth-order valence-corrected chi connectivity index (χ4v) is 4.24. The molecule has 0 atom stereocenters. The quantitative estimate of drug-likeness (QED) is 0.696. The highest BCUT2D eigenvalue weighted by molar-refractivity contribution is 5.98. The van der Waals surface area contributed by atoms with E-state index in [1.807, 2.05) is 62.4 Å². The highest BCUT2D eigenvalue weighted by Gasteiger charge is 2.38. The predicted molar refractivity (Wildman–Crippen MR) is 121 cm³/mol. The van der Waals surface area contributed by atoms with E-state index in [4.69, 9.17) is 4.98 Å². The molecular weight excluding hydrogens is 376 g/mol. The van der Waals surface area contributed by atoms with Crippen LogP contribution in [0.2, 0.25) is 0 Å². The highest BCUT2D eigenvalue weighted by atomic mass is 16.1. The number of amides is 1. The maximum atomic E-state index is 12.5. The van der Waals surface area contributed by atoms with Gasteiger partial charge in [-0.2, -0.15) is 0 Å². The van der Waals surface area contributed by atoms with Gasteiger partial charge in [0.1, 0.15) is 0 Å². The zero-order valence-electron chi connectivity index (χ0n) is 18.4. The van der Waals surface area contributed by atoms with Crippen LogP contribution < -0.4 is 15.5 Å². The molecular formula is C23H28N6O. The maximum absolute atomic E-state index is 12.5. The summed E-state index contributed by atoms with van der Waals surface area (Å²) in [7, 11) is 7.66. The number of hydrogen-bond donors (Lipinski definition) is 2. The molecule has 0 saturated heterocycles. The van der Waals surface area contributed by atoms with Crippen LogP contribution in [0.4, 0.5) is 17.3 Å². The summed E-state index contributed by atoms with van der Waals surface area (Å²) in [6.45, 7) is 4.33. The summed E-state index contributed by atoms with van der Waals surface area (Å²) >= 11 is 0. The molecule has 2 N–H and O–H groups in total. The van der Waals surface area contributed by atoms with Gasteiger partial charge >= 0.3 is 0 Å². The molecule has 30 heavy (non-hydrogen) atoms. The monoisotopic (exact) mass is 404 g/mol. The van der Waals surface area contributed by atoms with E-state index < -0.39 is 0 Å². The Bertz CT molecular complexity index is 1110. The van der Waals surface area contributed by atoms with Crippen LogP contribution in [0, 0.1) is 0 Å². The minimum atomic E-state index is -0.189. The van der Waals surface area contributed by atoms with Crippen molar-refractivity contribution in [3.05, 3.63) is 53.3 Å². The first-order valence-electron chi connectivity index (χ1n) is 10.0. The molecule has 156 valence electrons. The maximum Gasteiger partial charge on any atom is 0.252 e. The number of nitrogens with zero attached hydrogens (tertiary/aromatic N) is 4. The summed E-state index contributed by atoms with van der Waals surface area (Å²) in [5.74, 6) is 0.469. The van der Waals surface area contributed by atoms with Crippen LogP contribution in [0.1, 0.15) is 35.3 Å². The van der Waals surface area contributed by atoms with Gasteiger partial charge in [0.25, 0.3) is 5.91 Å². The Morgan fingerprint density at radius 1 is 1.20 bits per heavy atom. The van der Waals surface area contributed by atoms with Crippen LogP contribution in [-0.4, -0.2) is 41.6 Å². The Hall–Kier alpha value is -3.35. The van der Waals surface area contributed by atoms with E-state index in [2.05, 4.69) is 34.4 Å². The average molecular weight is 405 g/mol. The highest BCUT2D eigenvalue weighted by Crippen LogP contribution is 2.44. The number of carbonyl (C=O) groups excluding carboxylic acids is 1. The number of carbonyl (C=O) groups is 1. The first kappa shape index (κ1) is 19.9. The molecule has 0 bridgehead atoms. The van der Waals surface area contributed by atoms with E-state index in [1.165, 1.54) is 0 Å². The summed E-state index contributed by atoms with van der Waals surface area (Å²) in [6, 6.07) is 8.13. The number of aromatic nitrogens is 3. The molecule has 0 radical (unpaired) electrons. The van der Waals surface area contributed by atoms with Gasteiger partial charge in [-0.05, 0) is 47.2 Å². The Kier molecular flexibility index (Phi) is 4.76. The van der Waals surface area contributed by atoms with Crippen LogP contribution in [0.3, 0.4) is 0 Å². The molecule has 0 spiro atoms. The van der Waals surface area contributed by atoms with Gasteiger partial charge in [0.15, 0.2) is 0 Å². The number of anilines is 3. The van der Waals surface area contributed by atoms with Crippen LogP contribution in [0.15, 0.2) is 36.7 Å². The van der Waals surface area contributed by atoms with Crippen molar-refractivity contribution in [2.75, 3.05) is 31.4 Å². The van der Waals surface area contributed by atoms with E-state index in [0.29, 0.717) is 11.5 Å². The molecule has 0 saturated carbocycles. The van der Waals surface area contributed by atoms with Crippen molar-refractivity contribution in [2.24, 2.45) is 7.05 Å². The number of rotatable bonds is 4. The molecule has 2 heterocycles. The molecule has 7 heteroatoms. The van der Waals surface area contributed by atoms with Crippen LogP contribution in [0.5, 0.6) is 0 Å². The molecule has 0 unspecified atom stereocenters. The lowest BCUT2D eigenvalue weighted by Crippen LogP contribution is -2.30. The smallest absolute Gasteiger partial charge is 0.252 e. The van der Waals surface area contributed by atoms with E-state index in [0.717, 1.165) is 40.3 Å². The Balaban J connectivity index is 1.76. The normalized spacial score (nSPS) is 13.9. The third kappa shape index (κ3) is 3.30. The zero-order valence-corrected chi connectivity index (χ0v) is 18.4. The summed E-state index contributed by atoms with van der Waals surface area (Å²) in [6.07, 6.45) is 4.58. The molecule has 1 aliphatic rings. The third-order valence-corrected chi connectivity index (χ3v) is 5.69. The van der Waals surface area contributed by atoms with Crippen molar-refractivity contribution >= 4 is 23.2 Å². The molecule has 1 aromatic carbocycles. The van der Waals surface area contributed by atoms with Crippen molar-refractivity contribution in [3.63, 3.8) is 0 Å². The lowest BCUT2D eigenvalue weighted by atomic mass is 9.72. The van der Waals surface area contributed by atoms with Crippen LogP contribution >= 0.6 is 0 Å². The molecule has 4 rings (SSSR count). The van der Waals surface area contributed by atoms with Gasteiger partial charge in [-0.3, -0.25) is 4.79 Å². The largest absolute Gasteiger partial charge is 0.378 e. The minimum absolute atomic E-state index is 0.0724. The molecule has 1 aliphatic carbocycles.